The Balaban J connectivity index is 1.66. The SMILES string of the molecule is NC(=O)C(=Cc1ccc(O)cc1)CCc1ccc(N=C(N)c2cccs2)cc1. The third-order valence-electron chi connectivity index (χ3n) is 4.19. The predicted octanol–water partition coefficient (Wildman–Crippen LogP) is 3.99. The van der Waals surface area contributed by atoms with Gasteiger partial charge in [-0.3, -0.25) is 4.79 Å². The molecule has 0 aliphatic heterocycles. The van der Waals surface area contributed by atoms with E-state index >= 15 is 0 Å². The van der Waals surface area contributed by atoms with Crippen molar-refractivity contribution in [1.82, 2.24) is 0 Å². The number of aromatic hydroxyl groups is 1. The van der Waals surface area contributed by atoms with E-state index in [1.807, 2.05) is 41.8 Å². The second-order valence-corrected chi connectivity index (χ2v) is 7.21. The minimum absolute atomic E-state index is 0.181. The molecule has 0 saturated carbocycles. The Morgan fingerprint density at radius 3 is 2.36 bits per heavy atom. The van der Waals surface area contributed by atoms with E-state index in [0.29, 0.717) is 24.3 Å². The number of primary amides is 1. The molecule has 5 N–H and O–H groups in total. The minimum Gasteiger partial charge on any atom is -0.508 e. The quantitative estimate of drug-likeness (QED) is 0.322. The molecular weight excluding hydrogens is 370 g/mol. The monoisotopic (exact) mass is 391 g/mol. The second-order valence-electron chi connectivity index (χ2n) is 6.27. The summed E-state index contributed by atoms with van der Waals surface area (Å²) >= 11 is 1.55. The first-order chi connectivity index (χ1) is 13.5. The minimum atomic E-state index is -0.446. The molecule has 0 aliphatic carbocycles. The van der Waals surface area contributed by atoms with Crippen molar-refractivity contribution in [3.63, 3.8) is 0 Å². The summed E-state index contributed by atoms with van der Waals surface area (Å²) in [6, 6.07) is 18.3. The highest BCUT2D eigenvalue weighted by molar-refractivity contribution is 7.12. The highest BCUT2D eigenvalue weighted by Gasteiger charge is 2.07. The number of carbonyl (C=O) groups excluding carboxylic acids is 1. The van der Waals surface area contributed by atoms with Crippen LogP contribution in [0.4, 0.5) is 5.69 Å². The van der Waals surface area contributed by atoms with Crippen molar-refractivity contribution in [3.05, 3.63) is 87.6 Å². The zero-order chi connectivity index (χ0) is 19.9. The van der Waals surface area contributed by atoms with E-state index in [-0.39, 0.29) is 5.75 Å². The smallest absolute Gasteiger partial charge is 0.244 e. The van der Waals surface area contributed by atoms with Crippen LogP contribution in [0.15, 0.2) is 76.6 Å². The Morgan fingerprint density at radius 2 is 1.75 bits per heavy atom. The maximum atomic E-state index is 11.8. The number of aliphatic imine (C=N–C) groups is 1. The molecule has 0 saturated heterocycles. The van der Waals surface area contributed by atoms with Crippen LogP contribution < -0.4 is 11.5 Å². The molecule has 5 nitrogen and oxygen atoms in total. The molecule has 0 fully saturated rings. The first kappa shape index (κ1) is 19.4. The number of phenolic OH excluding ortho intramolecular Hbond substituents is 1. The number of nitrogens with zero attached hydrogens (tertiary/aromatic N) is 1. The largest absolute Gasteiger partial charge is 0.508 e. The number of hydrogen-bond donors (Lipinski definition) is 3. The van der Waals surface area contributed by atoms with E-state index in [9.17, 15) is 9.90 Å². The molecule has 0 spiro atoms. The summed E-state index contributed by atoms with van der Waals surface area (Å²) in [5.41, 5.74) is 14.7. The number of carbonyl (C=O) groups is 1. The molecule has 1 aromatic heterocycles. The molecule has 28 heavy (non-hydrogen) atoms. The van der Waals surface area contributed by atoms with Gasteiger partial charge in [-0.1, -0.05) is 30.3 Å². The molecule has 3 rings (SSSR count). The van der Waals surface area contributed by atoms with Crippen LogP contribution in [0.3, 0.4) is 0 Å². The van der Waals surface area contributed by atoms with Crippen LogP contribution >= 0.6 is 11.3 Å². The van der Waals surface area contributed by atoms with Gasteiger partial charge < -0.3 is 16.6 Å². The number of nitrogens with two attached hydrogens (primary N) is 2. The number of amides is 1. The first-order valence-electron chi connectivity index (χ1n) is 8.77. The maximum Gasteiger partial charge on any atom is 0.244 e. The molecule has 0 aliphatic rings. The Labute approximate surface area is 167 Å². The fourth-order valence-corrected chi connectivity index (χ4v) is 3.30. The molecule has 142 valence electrons. The number of amidine groups is 1. The van der Waals surface area contributed by atoms with E-state index in [1.54, 1.807) is 41.7 Å². The lowest BCUT2D eigenvalue weighted by Crippen LogP contribution is -2.14. The van der Waals surface area contributed by atoms with Gasteiger partial charge in [0.1, 0.15) is 11.6 Å². The lowest BCUT2D eigenvalue weighted by molar-refractivity contribution is -0.114. The average Bonchev–Trinajstić information content (AvgIpc) is 3.22. The van der Waals surface area contributed by atoms with Crippen molar-refractivity contribution in [2.75, 3.05) is 0 Å². The van der Waals surface area contributed by atoms with Crippen LogP contribution in [-0.2, 0) is 11.2 Å². The van der Waals surface area contributed by atoms with Gasteiger partial charge in [0.25, 0.3) is 0 Å². The van der Waals surface area contributed by atoms with Crippen molar-refractivity contribution in [1.29, 1.82) is 0 Å². The molecule has 0 bridgehead atoms. The summed E-state index contributed by atoms with van der Waals surface area (Å²) in [4.78, 5) is 17.1. The molecule has 2 aromatic carbocycles. The van der Waals surface area contributed by atoms with Gasteiger partial charge in [0, 0.05) is 5.57 Å². The molecule has 1 amide bonds. The Bertz CT molecular complexity index is 989. The third kappa shape index (κ3) is 5.31. The number of phenols is 1. The molecule has 0 atom stereocenters. The summed E-state index contributed by atoms with van der Waals surface area (Å²) in [6.45, 7) is 0. The van der Waals surface area contributed by atoms with Crippen molar-refractivity contribution in [2.45, 2.75) is 12.8 Å². The summed E-state index contributed by atoms with van der Waals surface area (Å²) in [5.74, 6) is 0.230. The van der Waals surface area contributed by atoms with Crippen molar-refractivity contribution < 1.29 is 9.90 Å². The van der Waals surface area contributed by atoms with Crippen LogP contribution in [0.25, 0.3) is 6.08 Å². The number of benzene rings is 2. The lowest BCUT2D eigenvalue weighted by Gasteiger charge is -2.06. The van der Waals surface area contributed by atoms with Gasteiger partial charge in [-0.2, -0.15) is 0 Å². The van der Waals surface area contributed by atoms with Crippen LogP contribution in [0.1, 0.15) is 22.4 Å². The van der Waals surface area contributed by atoms with Gasteiger partial charge in [-0.15, -0.1) is 11.3 Å². The van der Waals surface area contributed by atoms with E-state index in [1.165, 1.54) is 0 Å². The molecule has 3 aromatic rings. The summed E-state index contributed by atoms with van der Waals surface area (Å²) < 4.78 is 0. The number of hydrogen-bond acceptors (Lipinski definition) is 4. The van der Waals surface area contributed by atoms with Crippen LogP contribution in [0.2, 0.25) is 0 Å². The third-order valence-corrected chi connectivity index (χ3v) is 5.09. The number of thiophene rings is 1. The average molecular weight is 391 g/mol. The Kier molecular flexibility index (Phi) is 6.24. The molecule has 1 heterocycles. The summed E-state index contributed by atoms with van der Waals surface area (Å²) in [5, 5.41) is 11.3. The molecule has 6 heteroatoms. The molecular formula is C22H21N3O2S. The van der Waals surface area contributed by atoms with Crippen LogP contribution in [0, 0.1) is 0 Å². The van der Waals surface area contributed by atoms with Crippen LogP contribution in [0.5, 0.6) is 5.75 Å². The van der Waals surface area contributed by atoms with E-state index in [0.717, 1.165) is 21.7 Å². The van der Waals surface area contributed by atoms with Gasteiger partial charge in [0.05, 0.1) is 10.6 Å². The van der Waals surface area contributed by atoms with Crippen molar-refractivity contribution >= 4 is 34.8 Å². The molecule has 0 radical (unpaired) electrons. The first-order valence-corrected chi connectivity index (χ1v) is 9.65. The number of rotatable bonds is 7. The standard InChI is InChI=1S/C22H21N3O2S/c23-21(20-2-1-13-28-20)25-18-9-4-15(5-10-18)3-8-17(22(24)27)14-16-6-11-19(26)12-7-16/h1-2,4-7,9-14,26H,3,8H2,(H2,23,25)(H2,24,27). The molecule has 0 unspecified atom stereocenters. The zero-order valence-corrected chi connectivity index (χ0v) is 16.0. The van der Waals surface area contributed by atoms with Crippen LogP contribution in [-0.4, -0.2) is 16.8 Å². The van der Waals surface area contributed by atoms with Crippen molar-refractivity contribution in [2.24, 2.45) is 16.5 Å². The predicted molar refractivity (Wildman–Crippen MR) is 115 cm³/mol. The fourth-order valence-electron chi connectivity index (χ4n) is 2.67. The van der Waals surface area contributed by atoms with E-state index in [4.69, 9.17) is 11.5 Å². The summed E-state index contributed by atoms with van der Waals surface area (Å²) in [6.07, 6.45) is 2.95. The van der Waals surface area contributed by atoms with Gasteiger partial charge in [0.2, 0.25) is 5.91 Å². The summed E-state index contributed by atoms with van der Waals surface area (Å²) in [7, 11) is 0. The zero-order valence-electron chi connectivity index (χ0n) is 15.2. The van der Waals surface area contributed by atoms with E-state index < -0.39 is 5.91 Å². The Hall–Kier alpha value is -3.38. The fraction of sp³-hybridized carbons (Fsp3) is 0.0909. The maximum absolute atomic E-state index is 11.8. The Morgan fingerprint density at radius 1 is 1.04 bits per heavy atom. The highest BCUT2D eigenvalue weighted by Crippen LogP contribution is 2.19. The lowest BCUT2D eigenvalue weighted by atomic mass is 10.0. The van der Waals surface area contributed by atoms with Gasteiger partial charge in [-0.25, -0.2) is 4.99 Å². The van der Waals surface area contributed by atoms with E-state index in [2.05, 4.69) is 4.99 Å². The second kappa shape index (κ2) is 9.01. The number of aryl methyl sites for hydroxylation is 1. The van der Waals surface area contributed by atoms with Crippen molar-refractivity contribution in [3.8, 4) is 5.75 Å². The highest BCUT2D eigenvalue weighted by atomic mass is 32.1. The van der Waals surface area contributed by atoms with Gasteiger partial charge >= 0.3 is 0 Å². The van der Waals surface area contributed by atoms with Gasteiger partial charge in [-0.05, 0) is 65.8 Å². The van der Waals surface area contributed by atoms with Gasteiger partial charge in [0.15, 0.2) is 0 Å². The topological polar surface area (TPSA) is 102 Å². The normalized spacial score (nSPS) is 12.1.